The lowest BCUT2D eigenvalue weighted by Crippen LogP contribution is -2.28. The van der Waals surface area contributed by atoms with Crippen LogP contribution in [0, 0.1) is 0 Å². The quantitative estimate of drug-likeness (QED) is 0.721. The number of nitrogens with zero attached hydrogens (tertiary/aromatic N) is 2. The number of methoxy groups -OCH3 is 1. The van der Waals surface area contributed by atoms with E-state index in [1.807, 2.05) is 35.3 Å². The Morgan fingerprint density at radius 1 is 1.29 bits per heavy atom. The van der Waals surface area contributed by atoms with Crippen LogP contribution < -0.4 is 10.1 Å². The van der Waals surface area contributed by atoms with Crippen molar-refractivity contribution in [2.45, 2.75) is 38.8 Å². The summed E-state index contributed by atoms with van der Waals surface area (Å²) >= 11 is 0. The predicted octanol–water partition coefficient (Wildman–Crippen LogP) is 2.89. The molecule has 1 atom stereocenters. The Labute approximate surface area is 127 Å². The van der Waals surface area contributed by atoms with Gasteiger partial charge in [0, 0.05) is 25.0 Å². The molecular formula is C17H25N3O. The van der Waals surface area contributed by atoms with Crippen LogP contribution in [0.25, 0.3) is 0 Å². The Bertz CT molecular complexity index is 493. The van der Waals surface area contributed by atoms with Crippen molar-refractivity contribution in [1.82, 2.24) is 15.1 Å². The summed E-state index contributed by atoms with van der Waals surface area (Å²) in [5.74, 6) is 0.920. The van der Waals surface area contributed by atoms with Gasteiger partial charge in [0.05, 0.1) is 7.11 Å². The largest absolute Gasteiger partial charge is 0.497 e. The molecule has 2 aromatic rings. The van der Waals surface area contributed by atoms with Gasteiger partial charge in [-0.1, -0.05) is 12.1 Å². The summed E-state index contributed by atoms with van der Waals surface area (Å²) in [5, 5.41) is 7.77. The molecule has 1 aromatic heterocycles. The lowest BCUT2D eigenvalue weighted by molar-refractivity contribution is 0.414. The van der Waals surface area contributed by atoms with Crippen molar-refractivity contribution in [3.8, 4) is 5.75 Å². The summed E-state index contributed by atoms with van der Waals surface area (Å²) in [4.78, 5) is 0. The minimum atomic E-state index is 0.532. The van der Waals surface area contributed by atoms with Crippen molar-refractivity contribution in [1.29, 1.82) is 0 Å². The van der Waals surface area contributed by atoms with Crippen LogP contribution in [-0.4, -0.2) is 29.5 Å². The predicted molar refractivity (Wildman–Crippen MR) is 85.6 cm³/mol. The van der Waals surface area contributed by atoms with Crippen molar-refractivity contribution in [2.75, 3.05) is 13.7 Å². The first-order valence-electron chi connectivity index (χ1n) is 7.61. The molecule has 2 rings (SSSR count). The fourth-order valence-electron chi connectivity index (χ4n) is 2.30. The highest BCUT2D eigenvalue weighted by atomic mass is 16.5. The zero-order valence-electron chi connectivity index (χ0n) is 13.0. The third-order valence-electron chi connectivity index (χ3n) is 3.64. The van der Waals surface area contributed by atoms with E-state index in [0.29, 0.717) is 6.04 Å². The summed E-state index contributed by atoms with van der Waals surface area (Å²) in [6, 6.07) is 10.8. The summed E-state index contributed by atoms with van der Waals surface area (Å²) < 4.78 is 7.15. The lowest BCUT2D eigenvalue weighted by atomic mass is 10.1. The molecule has 0 fully saturated rings. The second-order valence-corrected chi connectivity index (χ2v) is 5.36. The molecule has 1 unspecified atom stereocenters. The van der Waals surface area contributed by atoms with Gasteiger partial charge in [0.25, 0.3) is 0 Å². The molecule has 0 saturated carbocycles. The minimum absolute atomic E-state index is 0.532. The van der Waals surface area contributed by atoms with Gasteiger partial charge in [-0.15, -0.1) is 0 Å². The third-order valence-corrected chi connectivity index (χ3v) is 3.64. The molecule has 4 nitrogen and oxygen atoms in total. The van der Waals surface area contributed by atoms with Crippen LogP contribution in [0.2, 0.25) is 0 Å². The molecule has 0 aliphatic carbocycles. The van der Waals surface area contributed by atoms with Crippen LogP contribution in [0.5, 0.6) is 5.75 Å². The normalized spacial score (nSPS) is 12.3. The Kier molecular flexibility index (Phi) is 6.28. The minimum Gasteiger partial charge on any atom is -0.497 e. The van der Waals surface area contributed by atoms with E-state index in [0.717, 1.165) is 38.1 Å². The number of benzene rings is 1. The highest BCUT2D eigenvalue weighted by Crippen LogP contribution is 2.13. The van der Waals surface area contributed by atoms with E-state index >= 15 is 0 Å². The average molecular weight is 287 g/mol. The van der Waals surface area contributed by atoms with Crippen LogP contribution in [-0.2, 0) is 13.0 Å². The fraction of sp³-hybridized carbons (Fsp3) is 0.471. The average Bonchev–Trinajstić information content (AvgIpc) is 3.03. The first-order valence-corrected chi connectivity index (χ1v) is 7.61. The molecule has 114 valence electrons. The summed E-state index contributed by atoms with van der Waals surface area (Å²) in [5.41, 5.74) is 1.36. The molecule has 1 heterocycles. The number of ether oxygens (including phenoxy) is 1. The molecule has 0 bridgehead atoms. The number of aryl methyl sites for hydroxylation is 2. The van der Waals surface area contributed by atoms with E-state index < -0.39 is 0 Å². The van der Waals surface area contributed by atoms with Crippen molar-refractivity contribution in [2.24, 2.45) is 0 Å². The Morgan fingerprint density at radius 3 is 2.76 bits per heavy atom. The number of hydrogen-bond donors (Lipinski definition) is 1. The summed E-state index contributed by atoms with van der Waals surface area (Å²) in [6.45, 7) is 4.26. The maximum absolute atomic E-state index is 5.17. The van der Waals surface area contributed by atoms with E-state index in [4.69, 9.17) is 4.74 Å². The molecule has 0 saturated heterocycles. The highest BCUT2D eigenvalue weighted by molar-refractivity contribution is 5.27. The first-order chi connectivity index (χ1) is 10.3. The van der Waals surface area contributed by atoms with Crippen molar-refractivity contribution >= 4 is 0 Å². The Morgan fingerprint density at radius 2 is 2.10 bits per heavy atom. The Hall–Kier alpha value is -1.81. The Balaban J connectivity index is 1.59. The molecule has 0 spiro atoms. The molecule has 0 amide bonds. The maximum atomic E-state index is 5.17. The van der Waals surface area contributed by atoms with Gasteiger partial charge in [-0.25, -0.2) is 0 Å². The number of aromatic nitrogens is 2. The third kappa shape index (κ3) is 5.60. The highest BCUT2D eigenvalue weighted by Gasteiger charge is 2.02. The number of nitrogens with one attached hydrogen (secondary N) is 1. The van der Waals surface area contributed by atoms with Crippen LogP contribution in [0.4, 0.5) is 0 Å². The van der Waals surface area contributed by atoms with Gasteiger partial charge < -0.3 is 10.1 Å². The molecular weight excluding hydrogens is 262 g/mol. The van der Waals surface area contributed by atoms with Gasteiger partial charge in [0.1, 0.15) is 5.75 Å². The van der Waals surface area contributed by atoms with Crippen LogP contribution >= 0.6 is 0 Å². The van der Waals surface area contributed by atoms with Gasteiger partial charge in [-0.2, -0.15) is 5.10 Å². The van der Waals surface area contributed by atoms with Crippen molar-refractivity contribution < 1.29 is 4.74 Å². The molecule has 0 aliphatic rings. The van der Waals surface area contributed by atoms with Crippen LogP contribution in [0.1, 0.15) is 25.3 Å². The van der Waals surface area contributed by atoms with E-state index in [-0.39, 0.29) is 0 Å². The van der Waals surface area contributed by atoms with Crippen molar-refractivity contribution in [3.63, 3.8) is 0 Å². The van der Waals surface area contributed by atoms with Gasteiger partial charge >= 0.3 is 0 Å². The topological polar surface area (TPSA) is 39.1 Å². The fourth-order valence-corrected chi connectivity index (χ4v) is 2.30. The van der Waals surface area contributed by atoms with E-state index in [1.165, 1.54) is 5.56 Å². The molecule has 1 aromatic carbocycles. The lowest BCUT2D eigenvalue weighted by Gasteiger charge is -2.14. The zero-order valence-corrected chi connectivity index (χ0v) is 13.0. The van der Waals surface area contributed by atoms with Gasteiger partial charge in [0.2, 0.25) is 0 Å². The molecule has 0 radical (unpaired) electrons. The van der Waals surface area contributed by atoms with E-state index in [2.05, 4.69) is 29.5 Å². The van der Waals surface area contributed by atoms with Gasteiger partial charge in [0.15, 0.2) is 0 Å². The standard InChI is InChI=1S/C17H25N3O/c1-15(18-11-3-13-20-14-4-12-19-20)5-6-16-7-9-17(21-2)10-8-16/h4,7-10,12,14-15,18H,3,5-6,11,13H2,1-2H3. The maximum Gasteiger partial charge on any atom is 0.118 e. The van der Waals surface area contributed by atoms with Crippen molar-refractivity contribution in [3.05, 3.63) is 48.3 Å². The zero-order chi connectivity index (χ0) is 14.9. The molecule has 21 heavy (non-hydrogen) atoms. The summed E-state index contributed by atoms with van der Waals surface area (Å²) in [6.07, 6.45) is 7.18. The molecule has 4 heteroatoms. The smallest absolute Gasteiger partial charge is 0.118 e. The van der Waals surface area contributed by atoms with Crippen LogP contribution in [0.15, 0.2) is 42.7 Å². The van der Waals surface area contributed by atoms with E-state index in [1.54, 1.807) is 7.11 Å². The van der Waals surface area contributed by atoms with Crippen LogP contribution in [0.3, 0.4) is 0 Å². The van der Waals surface area contributed by atoms with Gasteiger partial charge in [-0.05, 0) is 56.5 Å². The monoisotopic (exact) mass is 287 g/mol. The first kappa shape index (κ1) is 15.6. The van der Waals surface area contributed by atoms with E-state index in [9.17, 15) is 0 Å². The number of rotatable bonds is 9. The van der Waals surface area contributed by atoms with Gasteiger partial charge in [-0.3, -0.25) is 4.68 Å². The molecule has 1 N–H and O–H groups in total. The summed E-state index contributed by atoms with van der Waals surface area (Å²) in [7, 11) is 1.70. The second kappa shape index (κ2) is 8.47. The number of hydrogen-bond acceptors (Lipinski definition) is 3. The SMILES string of the molecule is COc1ccc(CCC(C)NCCCn2cccn2)cc1. The second-order valence-electron chi connectivity index (χ2n) is 5.36. The molecule has 0 aliphatic heterocycles.